The molecular weight excluding hydrogens is 436 g/mol. The Morgan fingerprint density at radius 2 is 1.88 bits per heavy atom. The SMILES string of the molecule is CCOC(=O)[C@@H](C)Oc1c(Cl)cc(/C=C2/C(=O)NN(c3ccccc3)C2=O)cc1OCC. The first-order valence-electron chi connectivity index (χ1n) is 10.1. The molecule has 3 rings (SSSR count). The lowest BCUT2D eigenvalue weighted by Crippen LogP contribution is -2.35. The van der Waals surface area contributed by atoms with Gasteiger partial charge in [0.05, 0.1) is 23.9 Å². The molecule has 168 valence electrons. The van der Waals surface area contributed by atoms with Crippen LogP contribution in [-0.2, 0) is 19.1 Å². The number of amides is 2. The number of para-hydroxylation sites is 1. The van der Waals surface area contributed by atoms with Gasteiger partial charge in [0.2, 0.25) is 0 Å². The molecule has 0 radical (unpaired) electrons. The van der Waals surface area contributed by atoms with E-state index in [1.54, 1.807) is 51.1 Å². The van der Waals surface area contributed by atoms with Gasteiger partial charge >= 0.3 is 5.97 Å². The highest BCUT2D eigenvalue weighted by molar-refractivity contribution is 6.33. The minimum Gasteiger partial charge on any atom is -0.490 e. The molecule has 1 aliphatic rings. The van der Waals surface area contributed by atoms with Crippen molar-refractivity contribution >= 4 is 41.1 Å². The standard InChI is InChI=1S/C23H23ClN2O6/c1-4-30-19-13-15(12-18(24)20(19)32-14(3)23(29)31-5-2)11-17-21(27)25-26(22(17)28)16-9-7-6-8-10-16/h6-14H,4-5H2,1-3H3,(H,25,27)/b17-11-/t14-/m1/s1. The Kier molecular flexibility index (Phi) is 7.37. The van der Waals surface area contributed by atoms with Crippen molar-refractivity contribution in [3.05, 3.63) is 58.6 Å². The topological polar surface area (TPSA) is 94.2 Å². The van der Waals surface area contributed by atoms with Gasteiger partial charge in [-0.3, -0.25) is 15.0 Å². The lowest BCUT2D eigenvalue weighted by Gasteiger charge is -2.18. The molecule has 1 saturated heterocycles. The fraction of sp³-hybridized carbons (Fsp3) is 0.261. The largest absolute Gasteiger partial charge is 0.490 e. The number of carbonyl (C=O) groups is 3. The molecule has 1 aliphatic heterocycles. The lowest BCUT2D eigenvalue weighted by molar-refractivity contribution is -0.150. The van der Waals surface area contributed by atoms with Gasteiger partial charge in [-0.25, -0.2) is 9.80 Å². The van der Waals surface area contributed by atoms with Crippen molar-refractivity contribution < 1.29 is 28.6 Å². The zero-order valence-corrected chi connectivity index (χ0v) is 18.6. The van der Waals surface area contributed by atoms with Crippen LogP contribution in [0.15, 0.2) is 48.0 Å². The van der Waals surface area contributed by atoms with E-state index in [2.05, 4.69) is 5.43 Å². The monoisotopic (exact) mass is 458 g/mol. The molecule has 0 bridgehead atoms. The maximum atomic E-state index is 12.8. The molecule has 9 heteroatoms. The van der Waals surface area contributed by atoms with E-state index in [0.29, 0.717) is 17.9 Å². The molecule has 1 atom stereocenters. The van der Waals surface area contributed by atoms with E-state index in [1.807, 2.05) is 6.07 Å². The van der Waals surface area contributed by atoms with Gasteiger partial charge in [0.1, 0.15) is 5.57 Å². The molecule has 0 saturated carbocycles. The minimum absolute atomic E-state index is 0.0547. The van der Waals surface area contributed by atoms with Gasteiger partial charge in [-0.1, -0.05) is 29.8 Å². The Morgan fingerprint density at radius 3 is 2.53 bits per heavy atom. The van der Waals surface area contributed by atoms with E-state index in [9.17, 15) is 14.4 Å². The van der Waals surface area contributed by atoms with Crippen LogP contribution in [0.25, 0.3) is 6.08 Å². The third-order valence-electron chi connectivity index (χ3n) is 4.46. The molecule has 0 aliphatic carbocycles. The van der Waals surface area contributed by atoms with Gasteiger partial charge in [0.15, 0.2) is 17.6 Å². The van der Waals surface area contributed by atoms with Gasteiger partial charge in [-0.2, -0.15) is 0 Å². The first-order chi connectivity index (χ1) is 15.3. The molecule has 2 amide bonds. The number of carbonyl (C=O) groups excluding carboxylic acids is 3. The number of hydrogen-bond donors (Lipinski definition) is 1. The summed E-state index contributed by atoms with van der Waals surface area (Å²) in [5.41, 5.74) is 3.49. The Bertz CT molecular complexity index is 1050. The van der Waals surface area contributed by atoms with E-state index in [0.717, 1.165) is 0 Å². The van der Waals surface area contributed by atoms with E-state index in [4.69, 9.17) is 25.8 Å². The lowest BCUT2D eigenvalue weighted by atomic mass is 10.1. The van der Waals surface area contributed by atoms with Crippen molar-refractivity contribution in [2.75, 3.05) is 18.2 Å². The summed E-state index contributed by atoms with van der Waals surface area (Å²) < 4.78 is 16.3. The molecule has 1 fully saturated rings. The molecule has 0 aromatic heterocycles. The summed E-state index contributed by atoms with van der Waals surface area (Å²) in [6, 6.07) is 11.9. The normalized spacial score (nSPS) is 15.5. The fourth-order valence-corrected chi connectivity index (χ4v) is 3.28. The predicted molar refractivity (Wildman–Crippen MR) is 119 cm³/mol. The quantitative estimate of drug-likeness (QED) is 0.369. The third kappa shape index (κ3) is 5.03. The van der Waals surface area contributed by atoms with Crippen molar-refractivity contribution in [1.82, 2.24) is 5.43 Å². The first kappa shape index (κ1) is 23.1. The molecule has 2 aromatic carbocycles. The van der Waals surface area contributed by atoms with Gasteiger partial charge in [-0.05, 0) is 56.7 Å². The summed E-state index contributed by atoms with van der Waals surface area (Å²) in [5, 5.41) is 1.34. The average molecular weight is 459 g/mol. The summed E-state index contributed by atoms with van der Waals surface area (Å²) in [6.45, 7) is 5.55. The number of esters is 1. The maximum absolute atomic E-state index is 12.8. The number of nitrogens with zero attached hydrogens (tertiary/aromatic N) is 1. The number of rotatable bonds is 8. The number of nitrogens with one attached hydrogen (secondary N) is 1. The molecule has 0 unspecified atom stereocenters. The fourth-order valence-electron chi connectivity index (χ4n) is 3.02. The van der Waals surface area contributed by atoms with Gasteiger partial charge in [-0.15, -0.1) is 0 Å². The van der Waals surface area contributed by atoms with Gasteiger partial charge in [0, 0.05) is 0 Å². The smallest absolute Gasteiger partial charge is 0.347 e. The first-order valence-corrected chi connectivity index (χ1v) is 10.4. The second-order valence-electron chi connectivity index (χ2n) is 6.75. The molecule has 32 heavy (non-hydrogen) atoms. The second-order valence-corrected chi connectivity index (χ2v) is 7.16. The summed E-state index contributed by atoms with van der Waals surface area (Å²) in [7, 11) is 0. The highest BCUT2D eigenvalue weighted by Gasteiger charge is 2.34. The van der Waals surface area contributed by atoms with E-state index in [1.165, 1.54) is 17.2 Å². The van der Waals surface area contributed by atoms with Crippen molar-refractivity contribution in [1.29, 1.82) is 0 Å². The predicted octanol–water partition coefficient (Wildman–Crippen LogP) is 3.53. The highest BCUT2D eigenvalue weighted by Crippen LogP contribution is 2.38. The van der Waals surface area contributed by atoms with Crippen LogP contribution in [0.4, 0.5) is 5.69 Å². The van der Waals surface area contributed by atoms with Crippen molar-refractivity contribution in [2.45, 2.75) is 26.9 Å². The van der Waals surface area contributed by atoms with Crippen LogP contribution in [0.5, 0.6) is 11.5 Å². The molecular formula is C23H23ClN2O6. The third-order valence-corrected chi connectivity index (χ3v) is 4.74. The Hall–Kier alpha value is -3.52. The molecule has 2 aromatic rings. The van der Waals surface area contributed by atoms with Crippen molar-refractivity contribution in [3.8, 4) is 11.5 Å². The van der Waals surface area contributed by atoms with Crippen LogP contribution < -0.4 is 19.9 Å². The number of benzene rings is 2. The molecule has 1 N–H and O–H groups in total. The van der Waals surface area contributed by atoms with Crippen LogP contribution in [0, 0.1) is 0 Å². The van der Waals surface area contributed by atoms with E-state index in [-0.39, 0.29) is 28.7 Å². The van der Waals surface area contributed by atoms with Crippen molar-refractivity contribution in [2.24, 2.45) is 0 Å². The zero-order valence-electron chi connectivity index (χ0n) is 17.9. The maximum Gasteiger partial charge on any atom is 0.347 e. The van der Waals surface area contributed by atoms with Gasteiger partial charge in [0.25, 0.3) is 11.8 Å². The Balaban J connectivity index is 1.91. The number of anilines is 1. The summed E-state index contributed by atoms with van der Waals surface area (Å²) >= 11 is 6.40. The van der Waals surface area contributed by atoms with Gasteiger partial charge < -0.3 is 14.2 Å². The average Bonchev–Trinajstić information content (AvgIpc) is 3.05. The zero-order chi connectivity index (χ0) is 23.3. The Labute approximate surface area is 190 Å². The molecule has 1 heterocycles. The van der Waals surface area contributed by atoms with Crippen LogP contribution in [0.1, 0.15) is 26.3 Å². The van der Waals surface area contributed by atoms with Crippen molar-refractivity contribution in [3.63, 3.8) is 0 Å². The van der Waals surface area contributed by atoms with Crippen LogP contribution in [0.3, 0.4) is 0 Å². The Morgan fingerprint density at radius 1 is 1.16 bits per heavy atom. The number of hydrazine groups is 1. The summed E-state index contributed by atoms with van der Waals surface area (Å²) in [6.07, 6.45) is 0.519. The van der Waals surface area contributed by atoms with Crippen LogP contribution >= 0.6 is 11.6 Å². The second kappa shape index (κ2) is 10.2. The molecule has 0 spiro atoms. The number of hydrogen-bond acceptors (Lipinski definition) is 6. The van der Waals surface area contributed by atoms with Crippen LogP contribution in [0.2, 0.25) is 5.02 Å². The molecule has 8 nitrogen and oxygen atoms in total. The number of ether oxygens (including phenoxy) is 3. The highest BCUT2D eigenvalue weighted by atomic mass is 35.5. The summed E-state index contributed by atoms with van der Waals surface area (Å²) in [4.78, 5) is 37.2. The van der Waals surface area contributed by atoms with Crippen LogP contribution in [-0.4, -0.2) is 37.1 Å². The van der Waals surface area contributed by atoms with E-state index < -0.39 is 23.9 Å². The number of halogens is 1. The van der Waals surface area contributed by atoms with E-state index >= 15 is 0 Å². The summed E-state index contributed by atoms with van der Waals surface area (Å²) in [5.74, 6) is -1.12. The minimum atomic E-state index is -0.905.